The van der Waals surface area contributed by atoms with Crippen LogP contribution < -0.4 is 10.3 Å². The Labute approximate surface area is 96.2 Å². The van der Waals surface area contributed by atoms with E-state index in [1.807, 2.05) is 22.6 Å². The molecule has 0 aliphatic rings. The Balaban J connectivity index is 2.51. The minimum absolute atomic E-state index is 0.147. The highest BCUT2D eigenvalue weighted by atomic mass is 127. The molecular formula is C9H13IN2O2. The molecule has 1 aromatic heterocycles. The molecule has 78 valence electrons. The van der Waals surface area contributed by atoms with Crippen molar-refractivity contribution in [1.29, 1.82) is 0 Å². The van der Waals surface area contributed by atoms with Gasteiger partial charge in [-0.3, -0.25) is 4.79 Å². The van der Waals surface area contributed by atoms with Gasteiger partial charge in [0.1, 0.15) is 3.57 Å². The molecule has 0 aromatic carbocycles. The summed E-state index contributed by atoms with van der Waals surface area (Å²) in [7, 11) is 0. The van der Waals surface area contributed by atoms with Gasteiger partial charge in [-0.2, -0.15) is 0 Å². The molecule has 14 heavy (non-hydrogen) atoms. The standard InChI is InChI=1S/C9H13IN2O2/c1-2-3-4-5-14-9-7(10)8(13)11-6-12-9/h6H,2-5H2,1H3,(H,11,12,13). The summed E-state index contributed by atoms with van der Waals surface area (Å²) in [5, 5.41) is 0. The number of halogens is 1. The SMILES string of the molecule is CCCCCOc1nc[nH]c(=O)c1I. The molecule has 0 amide bonds. The molecule has 0 saturated heterocycles. The first-order valence-corrected chi connectivity index (χ1v) is 5.69. The van der Waals surface area contributed by atoms with Gasteiger partial charge in [0.2, 0.25) is 5.88 Å². The van der Waals surface area contributed by atoms with Gasteiger partial charge in [0.15, 0.2) is 0 Å². The first-order valence-electron chi connectivity index (χ1n) is 4.61. The van der Waals surface area contributed by atoms with Crippen molar-refractivity contribution in [2.45, 2.75) is 26.2 Å². The molecule has 0 spiro atoms. The Hall–Kier alpha value is -0.590. The zero-order chi connectivity index (χ0) is 10.4. The molecular weight excluding hydrogens is 295 g/mol. The topological polar surface area (TPSA) is 55.0 Å². The van der Waals surface area contributed by atoms with E-state index in [0.29, 0.717) is 16.1 Å². The molecule has 1 N–H and O–H groups in total. The molecule has 0 aliphatic heterocycles. The molecule has 0 radical (unpaired) electrons. The Kier molecular flexibility index (Phi) is 4.92. The lowest BCUT2D eigenvalue weighted by Gasteiger charge is -2.04. The molecule has 4 nitrogen and oxygen atoms in total. The molecule has 0 atom stereocenters. The zero-order valence-electron chi connectivity index (χ0n) is 8.05. The number of nitrogens with one attached hydrogen (secondary N) is 1. The van der Waals surface area contributed by atoms with Crippen LogP contribution in [0.5, 0.6) is 5.88 Å². The van der Waals surface area contributed by atoms with Crippen LogP contribution in [0.15, 0.2) is 11.1 Å². The number of nitrogens with zero attached hydrogens (tertiary/aromatic N) is 1. The highest BCUT2D eigenvalue weighted by Crippen LogP contribution is 2.11. The minimum Gasteiger partial charge on any atom is -0.477 e. The summed E-state index contributed by atoms with van der Waals surface area (Å²) < 4.78 is 5.90. The maximum absolute atomic E-state index is 11.1. The number of ether oxygens (including phenoxy) is 1. The fourth-order valence-electron chi connectivity index (χ4n) is 0.988. The third-order valence-electron chi connectivity index (χ3n) is 1.75. The van der Waals surface area contributed by atoms with Crippen molar-refractivity contribution in [3.8, 4) is 5.88 Å². The highest BCUT2D eigenvalue weighted by molar-refractivity contribution is 14.1. The van der Waals surface area contributed by atoms with Crippen molar-refractivity contribution in [3.05, 3.63) is 20.3 Å². The third kappa shape index (κ3) is 3.28. The van der Waals surface area contributed by atoms with Gasteiger partial charge in [-0.1, -0.05) is 19.8 Å². The van der Waals surface area contributed by atoms with E-state index in [-0.39, 0.29) is 5.56 Å². The molecule has 1 aromatic rings. The predicted molar refractivity (Wildman–Crippen MR) is 62.6 cm³/mol. The normalized spacial score (nSPS) is 10.1. The molecule has 1 rings (SSSR count). The lowest BCUT2D eigenvalue weighted by atomic mass is 10.3. The molecule has 5 heteroatoms. The number of hydrogen-bond acceptors (Lipinski definition) is 3. The van der Waals surface area contributed by atoms with Crippen LogP contribution in [0.2, 0.25) is 0 Å². The average Bonchev–Trinajstić information content (AvgIpc) is 2.19. The van der Waals surface area contributed by atoms with Crippen molar-refractivity contribution in [3.63, 3.8) is 0 Å². The van der Waals surface area contributed by atoms with Crippen LogP contribution in [0.25, 0.3) is 0 Å². The van der Waals surface area contributed by atoms with Gasteiger partial charge in [-0.25, -0.2) is 4.98 Å². The van der Waals surface area contributed by atoms with Gasteiger partial charge >= 0.3 is 0 Å². The number of unbranched alkanes of at least 4 members (excludes halogenated alkanes) is 2. The summed E-state index contributed by atoms with van der Waals surface area (Å²) in [5.74, 6) is 0.436. The van der Waals surface area contributed by atoms with Gasteiger partial charge in [0, 0.05) is 0 Å². The van der Waals surface area contributed by atoms with Gasteiger partial charge in [0.05, 0.1) is 12.9 Å². The molecule has 0 bridgehead atoms. The minimum atomic E-state index is -0.147. The van der Waals surface area contributed by atoms with E-state index in [9.17, 15) is 4.79 Å². The Morgan fingerprint density at radius 2 is 2.36 bits per heavy atom. The van der Waals surface area contributed by atoms with E-state index in [1.54, 1.807) is 0 Å². The molecule has 0 aliphatic carbocycles. The van der Waals surface area contributed by atoms with E-state index < -0.39 is 0 Å². The fraction of sp³-hybridized carbons (Fsp3) is 0.556. The number of rotatable bonds is 5. The summed E-state index contributed by atoms with van der Waals surface area (Å²) in [6, 6.07) is 0. The number of hydrogen-bond donors (Lipinski definition) is 1. The zero-order valence-corrected chi connectivity index (χ0v) is 10.2. The highest BCUT2D eigenvalue weighted by Gasteiger charge is 2.05. The Bertz CT molecular complexity index is 338. The first kappa shape index (κ1) is 11.5. The van der Waals surface area contributed by atoms with Crippen LogP contribution in [-0.2, 0) is 0 Å². The number of H-pyrrole nitrogens is 1. The van der Waals surface area contributed by atoms with Gasteiger partial charge < -0.3 is 9.72 Å². The Morgan fingerprint density at radius 1 is 1.57 bits per heavy atom. The third-order valence-corrected chi connectivity index (χ3v) is 2.70. The van der Waals surface area contributed by atoms with Crippen molar-refractivity contribution in [1.82, 2.24) is 9.97 Å². The molecule has 0 unspecified atom stereocenters. The predicted octanol–water partition coefficient (Wildman–Crippen LogP) is 1.94. The lowest BCUT2D eigenvalue weighted by Crippen LogP contribution is -2.13. The smallest absolute Gasteiger partial charge is 0.268 e. The summed E-state index contributed by atoms with van der Waals surface area (Å²) in [4.78, 5) is 17.6. The second-order valence-corrected chi connectivity index (χ2v) is 3.99. The van der Waals surface area contributed by atoms with Crippen LogP contribution in [0, 0.1) is 3.57 Å². The van der Waals surface area contributed by atoms with Gasteiger partial charge in [-0.15, -0.1) is 0 Å². The van der Waals surface area contributed by atoms with Crippen molar-refractivity contribution in [2.24, 2.45) is 0 Å². The lowest BCUT2D eigenvalue weighted by molar-refractivity contribution is 0.291. The van der Waals surface area contributed by atoms with Crippen LogP contribution in [0.1, 0.15) is 26.2 Å². The van der Waals surface area contributed by atoms with Crippen LogP contribution >= 0.6 is 22.6 Å². The molecule has 0 fully saturated rings. The van der Waals surface area contributed by atoms with Crippen molar-refractivity contribution >= 4 is 22.6 Å². The summed E-state index contributed by atoms with van der Waals surface area (Å²) in [6.45, 7) is 2.76. The summed E-state index contributed by atoms with van der Waals surface area (Å²) in [6.07, 6.45) is 4.66. The van der Waals surface area contributed by atoms with E-state index in [0.717, 1.165) is 19.3 Å². The van der Waals surface area contributed by atoms with Crippen LogP contribution in [-0.4, -0.2) is 16.6 Å². The molecule has 0 saturated carbocycles. The fourth-order valence-corrected chi connectivity index (χ4v) is 1.44. The largest absolute Gasteiger partial charge is 0.477 e. The molecule has 1 heterocycles. The van der Waals surface area contributed by atoms with Crippen LogP contribution in [0.4, 0.5) is 0 Å². The van der Waals surface area contributed by atoms with E-state index >= 15 is 0 Å². The number of aromatic nitrogens is 2. The van der Waals surface area contributed by atoms with Crippen molar-refractivity contribution in [2.75, 3.05) is 6.61 Å². The van der Waals surface area contributed by atoms with Crippen molar-refractivity contribution < 1.29 is 4.74 Å². The second kappa shape index (κ2) is 6.00. The average molecular weight is 308 g/mol. The first-order chi connectivity index (χ1) is 6.75. The van der Waals surface area contributed by atoms with Gasteiger partial charge in [-0.05, 0) is 29.0 Å². The number of aromatic amines is 1. The summed E-state index contributed by atoms with van der Waals surface area (Å²) >= 11 is 1.93. The van der Waals surface area contributed by atoms with Gasteiger partial charge in [0.25, 0.3) is 5.56 Å². The Morgan fingerprint density at radius 3 is 3.07 bits per heavy atom. The van der Waals surface area contributed by atoms with Crippen LogP contribution in [0.3, 0.4) is 0 Å². The maximum Gasteiger partial charge on any atom is 0.268 e. The van der Waals surface area contributed by atoms with E-state index in [4.69, 9.17) is 4.74 Å². The van der Waals surface area contributed by atoms with E-state index in [2.05, 4.69) is 16.9 Å². The quantitative estimate of drug-likeness (QED) is 0.668. The summed E-state index contributed by atoms with van der Waals surface area (Å²) in [5.41, 5.74) is -0.147. The monoisotopic (exact) mass is 308 g/mol. The second-order valence-electron chi connectivity index (χ2n) is 2.91. The van der Waals surface area contributed by atoms with E-state index in [1.165, 1.54) is 6.33 Å². The maximum atomic E-state index is 11.1.